The molecule has 0 aromatic heterocycles. The molecule has 2 heteroatoms. The molecule has 0 heterocycles. The maximum absolute atomic E-state index is 6.11. The summed E-state index contributed by atoms with van der Waals surface area (Å²) < 4.78 is 0. The van der Waals surface area contributed by atoms with E-state index in [1.165, 1.54) is 0 Å². The van der Waals surface area contributed by atoms with Crippen molar-refractivity contribution in [3.8, 4) is 0 Å². The zero-order valence-corrected chi connectivity index (χ0v) is 35.6. The van der Waals surface area contributed by atoms with E-state index >= 15 is 0 Å². The van der Waals surface area contributed by atoms with Gasteiger partial charge in [0.15, 0.2) is 0 Å². The molecule has 0 aromatic carbocycles. The zero-order valence-electron chi connectivity index (χ0n) is 35.6. The summed E-state index contributed by atoms with van der Waals surface area (Å²) >= 11 is 0. The van der Waals surface area contributed by atoms with Gasteiger partial charge in [0.2, 0.25) is 0 Å². The van der Waals surface area contributed by atoms with E-state index in [-0.39, 0.29) is 13.0 Å². The fourth-order valence-electron chi connectivity index (χ4n) is 5.30. The molecule has 0 radical (unpaired) electrons. The second kappa shape index (κ2) is 45.5. The molecule has 6 atom stereocenters. The first-order valence-corrected chi connectivity index (χ1v) is 20.1. The molecule has 0 saturated carbocycles. The molecular formula is C52H88N2. The topological polar surface area (TPSA) is 29.3 Å². The fraction of sp³-hybridized carbons (Fsp3) is 0.481. The highest BCUT2D eigenvalue weighted by Crippen LogP contribution is 2.27. The molecule has 0 spiro atoms. The normalized spacial score (nSPS) is 15.7. The average Bonchev–Trinajstić information content (AvgIpc) is 3.72. The summed E-state index contributed by atoms with van der Waals surface area (Å²) in [6.07, 6.45) is 45.4. The summed E-state index contributed by atoms with van der Waals surface area (Å²) in [6, 6.07) is 0. The van der Waals surface area contributed by atoms with Crippen LogP contribution in [0.15, 0.2) is 168 Å². The SMILES string of the molecule is C.C=CCC(C=C)C(C=C)CC=C.C=CCC/C=C/C=C/CCC=C.C=CCCC(C)[C@@H](C=C)CN(CN)[C@](C)(C=C)C/C=C/C1C=C=CC1.CC.CC. The molecule has 1 aliphatic rings. The third kappa shape index (κ3) is 31.8. The van der Waals surface area contributed by atoms with E-state index < -0.39 is 0 Å². The van der Waals surface area contributed by atoms with Gasteiger partial charge in [-0.3, -0.25) is 4.90 Å². The van der Waals surface area contributed by atoms with Crippen LogP contribution in [0.1, 0.15) is 113 Å². The van der Waals surface area contributed by atoms with Crippen LogP contribution in [0.25, 0.3) is 0 Å². The lowest BCUT2D eigenvalue weighted by Crippen LogP contribution is -2.50. The molecule has 0 aromatic rings. The molecule has 0 saturated heterocycles. The van der Waals surface area contributed by atoms with Gasteiger partial charge in [0.25, 0.3) is 0 Å². The number of allylic oxidation sites excluding steroid dienone is 13. The third-order valence-corrected chi connectivity index (χ3v) is 8.90. The largest absolute Gasteiger partial charge is 0.318 e. The van der Waals surface area contributed by atoms with E-state index in [1.807, 2.05) is 76.3 Å². The highest BCUT2D eigenvalue weighted by Gasteiger charge is 2.29. The van der Waals surface area contributed by atoms with Crippen molar-refractivity contribution >= 4 is 0 Å². The maximum Gasteiger partial charge on any atom is 0.0463 e. The number of hydrogen-bond acceptors (Lipinski definition) is 2. The minimum Gasteiger partial charge on any atom is -0.318 e. The summed E-state index contributed by atoms with van der Waals surface area (Å²) in [5.41, 5.74) is 9.12. The van der Waals surface area contributed by atoms with Crippen LogP contribution in [0.4, 0.5) is 0 Å². The smallest absolute Gasteiger partial charge is 0.0463 e. The Bertz CT molecular complexity index is 1070. The Labute approximate surface area is 339 Å². The van der Waals surface area contributed by atoms with Gasteiger partial charge in [0.1, 0.15) is 0 Å². The zero-order chi connectivity index (χ0) is 41.2. The van der Waals surface area contributed by atoms with Crippen molar-refractivity contribution in [2.75, 3.05) is 13.2 Å². The van der Waals surface area contributed by atoms with Crippen molar-refractivity contribution in [1.82, 2.24) is 4.90 Å². The van der Waals surface area contributed by atoms with Crippen LogP contribution in [0, 0.1) is 29.6 Å². The first kappa shape index (κ1) is 59.6. The lowest BCUT2D eigenvalue weighted by atomic mass is 9.87. The minimum atomic E-state index is -0.152. The van der Waals surface area contributed by atoms with Crippen molar-refractivity contribution in [1.29, 1.82) is 0 Å². The molecule has 0 bridgehead atoms. The lowest BCUT2D eigenvalue weighted by Gasteiger charge is -2.40. The molecule has 1 aliphatic carbocycles. The number of unbranched alkanes of at least 4 members (excludes halogenated alkanes) is 2. The van der Waals surface area contributed by atoms with E-state index in [4.69, 9.17) is 5.73 Å². The number of hydrogen-bond donors (Lipinski definition) is 1. The first-order chi connectivity index (χ1) is 25.7. The van der Waals surface area contributed by atoms with Gasteiger partial charge in [0, 0.05) is 24.7 Å². The van der Waals surface area contributed by atoms with Gasteiger partial charge in [-0.2, -0.15) is 0 Å². The Hall–Kier alpha value is -3.68. The van der Waals surface area contributed by atoms with Gasteiger partial charge in [0.05, 0.1) is 0 Å². The van der Waals surface area contributed by atoms with Crippen LogP contribution >= 0.6 is 0 Å². The lowest BCUT2D eigenvalue weighted by molar-refractivity contribution is 0.122. The van der Waals surface area contributed by atoms with Crippen LogP contribution < -0.4 is 5.73 Å². The third-order valence-electron chi connectivity index (χ3n) is 8.90. The van der Waals surface area contributed by atoms with E-state index in [0.29, 0.717) is 36.3 Å². The van der Waals surface area contributed by atoms with Gasteiger partial charge in [-0.1, -0.05) is 133 Å². The van der Waals surface area contributed by atoms with Crippen LogP contribution in [0.5, 0.6) is 0 Å². The predicted molar refractivity (Wildman–Crippen MR) is 255 cm³/mol. The van der Waals surface area contributed by atoms with Gasteiger partial charge < -0.3 is 5.73 Å². The number of rotatable bonds is 27. The molecule has 2 N–H and O–H groups in total. The Morgan fingerprint density at radius 1 is 0.722 bits per heavy atom. The molecule has 306 valence electrons. The molecule has 0 amide bonds. The van der Waals surface area contributed by atoms with Crippen LogP contribution in [-0.4, -0.2) is 23.7 Å². The van der Waals surface area contributed by atoms with Crippen molar-refractivity contribution in [2.45, 2.75) is 119 Å². The summed E-state index contributed by atoms with van der Waals surface area (Å²) in [6.45, 7) is 48.2. The fourth-order valence-corrected chi connectivity index (χ4v) is 5.30. The van der Waals surface area contributed by atoms with Gasteiger partial charge >= 0.3 is 0 Å². The summed E-state index contributed by atoms with van der Waals surface area (Å²) in [7, 11) is 0. The average molecular weight is 741 g/mol. The predicted octanol–water partition coefficient (Wildman–Crippen LogP) is 15.7. The second-order valence-corrected chi connectivity index (χ2v) is 12.7. The molecule has 0 aliphatic heterocycles. The molecule has 54 heavy (non-hydrogen) atoms. The van der Waals surface area contributed by atoms with Crippen molar-refractivity contribution in [2.24, 2.45) is 35.3 Å². The van der Waals surface area contributed by atoms with E-state index in [9.17, 15) is 0 Å². The highest BCUT2D eigenvalue weighted by molar-refractivity contribution is 5.12. The molecular weight excluding hydrogens is 653 g/mol. The van der Waals surface area contributed by atoms with Gasteiger partial charge in [-0.15, -0.1) is 64.9 Å². The molecule has 1 rings (SSSR count). The van der Waals surface area contributed by atoms with Crippen LogP contribution in [0.3, 0.4) is 0 Å². The highest BCUT2D eigenvalue weighted by atomic mass is 15.2. The number of nitrogens with two attached hydrogens (primary N) is 1. The molecule has 0 fully saturated rings. The van der Waals surface area contributed by atoms with E-state index in [2.05, 4.69) is 138 Å². The summed E-state index contributed by atoms with van der Waals surface area (Å²) in [5.74, 6) is 2.37. The Morgan fingerprint density at radius 2 is 1.20 bits per heavy atom. The van der Waals surface area contributed by atoms with E-state index in [1.54, 1.807) is 0 Å². The van der Waals surface area contributed by atoms with Crippen molar-refractivity contribution < 1.29 is 0 Å². The second-order valence-electron chi connectivity index (χ2n) is 12.7. The Balaban J connectivity index is -0.000000233. The number of nitrogens with zero attached hydrogens (tertiary/aromatic N) is 1. The van der Waals surface area contributed by atoms with Crippen LogP contribution in [0.2, 0.25) is 0 Å². The quantitative estimate of drug-likeness (QED) is 0.0299. The van der Waals surface area contributed by atoms with Gasteiger partial charge in [-0.25, -0.2) is 0 Å². The van der Waals surface area contributed by atoms with Crippen LogP contribution in [-0.2, 0) is 0 Å². The monoisotopic (exact) mass is 741 g/mol. The Kier molecular flexibility index (Phi) is 50.2. The molecule has 2 nitrogen and oxygen atoms in total. The van der Waals surface area contributed by atoms with Gasteiger partial charge in [-0.05, 0) is 107 Å². The first-order valence-electron chi connectivity index (χ1n) is 20.1. The van der Waals surface area contributed by atoms with Crippen molar-refractivity contribution in [3.63, 3.8) is 0 Å². The Morgan fingerprint density at radius 3 is 1.56 bits per heavy atom. The standard InChI is InChI=1S/C23H36N2.2C12H18.2C2H6.CH4/c1-6-9-13-20(4)22(7-2)18-25(19-24)23(5,8-3)17-12-16-21-14-10-11-15-21;1-5-9-11(7-3)12(8-4)10-6-2;1-3-5-7-9-11-12-10-8-6-4-2;2*1-2;/h6-8,10,12,15-16,20-22H,1-3,9,13-14,17-19,24H2,4-5H3;5-8,11-12H,1-4,9-10H2;3-4,9-12H,1-2,5-8H2;2*1-2H3;1H4/b16-12+;;11-9+,12-10+;;;/t20?,21?,22-,23+;;;;;/m0...../s1. The minimum absolute atomic E-state index is 0. The summed E-state index contributed by atoms with van der Waals surface area (Å²) in [4.78, 5) is 2.32. The van der Waals surface area contributed by atoms with Crippen molar-refractivity contribution in [3.05, 3.63) is 168 Å². The molecule has 4 unspecified atom stereocenters. The van der Waals surface area contributed by atoms with E-state index in [0.717, 1.165) is 70.8 Å². The summed E-state index contributed by atoms with van der Waals surface area (Å²) in [5, 5.41) is 0. The maximum atomic E-state index is 6.11.